The summed E-state index contributed by atoms with van der Waals surface area (Å²) in [5, 5.41) is 5.15. The number of aryl methyl sites for hydroxylation is 2. The topological polar surface area (TPSA) is 47.1 Å². The van der Waals surface area contributed by atoms with Crippen molar-refractivity contribution < 1.29 is 4.52 Å². The molecule has 0 fully saturated rings. The number of benzene rings is 2. The highest BCUT2D eigenvalue weighted by atomic mass is 16.5. The number of anilines is 2. The number of aromatic nitrogens is 3. The van der Waals surface area contributed by atoms with Crippen LogP contribution in [0.4, 0.5) is 11.4 Å². The van der Waals surface area contributed by atoms with Crippen LogP contribution in [0.3, 0.4) is 0 Å². The van der Waals surface area contributed by atoms with E-state index >= 15 is 0 Å². The van der Waals surface area contributed by atoms with E-state index in [0.717, 1.165) is 40.3 Å². The maximum absolute atomic E-state index is 5.46. The van der Waals surface area contributed by atoms with Gasteiger partial charge in [0.1, 0.15) is 0 Å². The molecule has 5 nitrogen and oxygen atoms in total. The van der Waals surface area contributed by atoms with Gasteiger partial charge in [-0.3, -0.25) is 0 Å². The summed E-state index contributed by atoms with van der Waals surface area (Å²) in [5.74, 6) is 0. The van der Waals surface area contributed by atoms with E-state index in [1.54, 1.807) is 12.5 Å². The molecule has 0 saturated carbocycles. The molecule has 0 aliphatic carbocycles. The molecule has 126 valence electrons. The molecule has 0 N–H and O–H groups in total. The van der Waals surface area contributed by atoms with Gasteiger partial charge in [-0.05, 0) is 56.7 Å². The lowest BCUT2D eigenvalue weighted by Gasteiger charge is -2.25. The average Bonchev–Trinajstić information content (AvgIpc) is 3.28. The monoisotopic (exact) mass is 332 g/mol. The number of rotatable bonds is 4. The Labute approximate surface area is 146 Å². The second-order valence-corrected chi connectivity index (χ2v) is 6.13. The van der Waals surface area contributed by atoms with Gasteiger partial charge in [-0.2, -0.15) is 0 Å². The molecule has 0 aliphatic rings. The summed E-state index contributed by atoms with van der Waals surface area (Å²) < 4.78 is 7.45. The number of hydrogen-bond acceptors (Lipinski definition) is 4. The molecular weight excluding hydrogens is 312 g/mol. The van der Waals surface area contributed by atoms with Gasteiger partial charge < -0.3 is 14.0 Å². The van der Waals surface area contributed by atoms with E-state index in [0.29, 0.717) is 0 Å². The molecule has 2 heterocycles. The van der Waals surface area contributed by atoms with Crippen molar-refractivity contribution in [1.82, 2.24) is 14.7 Å². The molecule has 0 radical (unpaired) electrons. The van der Waals surface area contributed by atoms with Crippen LogP contribution in [0, 0.1) is 13.8 Å². The first-order valence-electron chi connectivity index (χ1n) is 8.40. The molecule has 2 aromatic heterocycles. The third kappa shape index (κ3) is 2.67. The van der Waals surface area contributed by atoms with Crippen LogP contribution in [0.1, 0.15) is 18.2 Å². The fourth-order valence-electron chi connectivity index (χ4n) is 3.20. The first-order chi connectivity index (χ1) is 12.2. The minimum absolute atomic E-state index is 0.826. The third-order valence-corrected chi connectivity index (χ3v) is 4.54. The zero-order chi connectivity index (χ0) is 17.4. The maximum Gasteiger partial charge on any atom is 0.169 e. The van der Waals surface area contributed by atoms with Gasteiger partial charge in [0.15, 0.2) is 5.58 Å². The predicted molar refractivity (Wildman–Crippen MR) is 99.7 cm³/mol. The molecule has 0 unspecified atom stereocenters. The molecule has 0 aliphatic heterocycles. The van der Waals surface area contributed by atoms with Crippen LogP contribution in [0.5, 0.6) is 0 Å². The average molecular weight is 332 g/mol. The number of hydrogen-bond donors (Lipinski definition) is 0. The summed E-state index contributed by atoms with van der Waals surface area (Å²) in [6.07, 6.45) is 5.53. The van der Waals surface area contributed by atoms with Crippen molar-refractivity contribution >= 4 is 22.3 Å². The Kier molecular flexibility index (Phi) is 3.76. The van der Waals surface area contributed by atoms with Crippen LogP contribution in [0.25, 0.3) is 16.7 Å². The van der Waals surface area contributed by atoms with Crippen molar-refractivity contribution in [2.45, 2.75) is 20.8 Å². The zero-order valence-electron chi connectivity index (χ0n) is 14.6. The molecule has 2 aromatic carbocycles. The summed E-state index contributed by atoms with van der Waals surface area (Å²) in [7, 11) is 0. The van der Waals surface area contributed by atoms with Gasteiger partial charge in [0.2, 0.25) is 0 Å². The normalized spacial score (nSPS) is 11.2. The molecular formula is C20H20N4O. The Hall–Kier alpha value is -3.08. The molecule has 0 amide bonds. The van der Waals surface area contributed by atoms with Crippen molar-refractivity contribution in [2.75, 3.05) is 11.4 Å². The Morgan fingerprint density at radius 2 is 1.92 bits per heavy atom. The lowest BCUT2D eigenvalue weighted by molar-refractivity contribution is 0.450. The fraction of sp³-hybridized carbons (Fsp3) is 0.200. The van der Waals surface area contributed by atoms with Gasteiger partial charge in [-0.25, -0.2) is 4.98 Å². The van der Waals surface area contributed by atoms with Crippen LogP contribution in [0.15, 0.2) is 59.6 Å². The molecule has 4 aromatic rings. The number of fused-ring (bicyclic) bond motifs is 1. The Balaban J connectivity index is 1.74. The van der Waals surface area contributed by atoms with Gasteiger partial charge in [0, 0.05) is 47.5 Å². The van der Waals surface area contributed by atoms with Crippen molar-refractivity contribution in [3.05, 3.63) is 66.4 Å². The van der Waals surface area contributed by atoms with Crippen molar-refractivity contribution in [3.8, 4) is 5.69 Å². The molecule has 4 rings (SSSR count). The first kappa shape index (κ1) is 15.4. The molecule has 25 heavy (non-hydrogen) atoms. The summed E-state index contributed by atoms with van der Waals surface area (Å²) in [4.78, 5) is 6.38. The maximum atomic E-state index is 5.46. The quantitative estimate of drug-likeness (QED) is 0.539. The Morgan fingerprint density at radius 1 is 1.12 bits per heavy atom. The van der Waals surface area contributed by atoms with Gasteiger partial charge in [0.05, 0.1) is 12.0 Å². The van der Waals surface area contributed by atoms with E-state index in [1.807, 2.05) is 17.7 Å². The minimum atomic E-state index is 0.826. The smallest absolute Gasteiger partial charge is 0.169 e. The SMILES string of the molecule is CCN(c1ccc(-n2ccnc2)cc1)c1cc2onc(C)c2cc1C. The highest BCUT2D eigenvalue weighted by Crippen LogP contribution is 2.33. The molecule has 0 bridgehead atoms. The summed E-state index contributed by atoms with van der Waals surface area (Å²) in [6, 6.07) is 12.7. The summed E-state index contributed by atoms with van der Waals surface area (Å²) >= 11 is 0. The first-order valence-corrected chi connectivity index (χ1v) is 8.40. The highest BCUT2D eigenvalue weighted by Gasteiger charge is 2.14. The lowest BCUT2D eigenvalue weighted by Crippen LogP contribution is -2.17. The van der Waals surface area contributed by atoms with E-state index in [4.69, 9.17) is 4.52 Å². The second-order valence-electron chi connectivity index (χ2n) is 6.13. The van der Waals surface area contributed by atoms with Crippen LogP contribution < -0.4 is 4.90 Å². The van der Waals surface area contributed by atoms with Crippen molar-refractivity contribution in [2.24, 2.45) is 0 Å². The van der Waals surface area contributed by atoms with Gasteiger partial charge in [-0.15, -0.1) is 0 Å². The third-order valence-electron chi connectivity index (χ3n) is 4.54. The molecule has 0 spiro atoms. The zero-order valence-corrected chi connectivity index (χ0v) is 14.6. The van der Waals surface area contributed by atoms with Crippen molar-refractivity contribution in [1.29, 1.82) is 0 Å². The molecule has 0 atom stereocenters. The van der Waals surface area contributed by atoms with Crippen LogP contribution in [-0.4, -0.2) is 21.3 Å². The largest absolute Gasteiger partial charge is 0.356 e. The number of nitrogens with zero attached hydrogens (tertiary/aromatic N) is 4. The van der Waals surface area contributed by atoms with Crippen molar-refractivity contribution in [3.63, 3.8) is 0 Å². The number of imidazole rings is 1. The van der Waals surface area contributed by atoms with Crippen LogP contribution in [-0.2, 0) is 0 Å². The Morgan fingerprint density at radius 3 is 2.60 bits per heavy atom. The van der Waals surface area contributed by atoms with E-state index in [1.165, 1.54) is 5.56 Å². The van der Waals surface area contributed by atoms with E-state index in [9.17, 15) is 0 Å². The Bertz CT molecular complexity index is 1000. The summed E-state index contributed by atoms with van der Waals surface area (Å²) in [6.45, 7) is 7.12. The van der Waals surface area contributed by atoms with E-state index in [2.05, 4.69) is 65.3 Å². The van der Waals surface area contributed by atoms with E-state index in [-0.39, 0.29) is 0 Å². The van der Waals surface area contributed by atoms with Gasteiger partial charge in [0.25, 0.3) is 0 Å². The fourth-order valence-corrected chi connectivity index (χ4v) is 3.20. The summed E-state index contributed by atoms with van der Waals surface area (Å²) in [5.41, 5.74) is 6.34. The lowest BCUT2D eigenvalue weighted by atomic mass is 10.1. The van der Waals surface area contributed by atoms with Gasteiger partial charge in [-0.1, -0.05) is 5.16 Å². The second kappa shape index (κ2) is 6.09. The van der Waals surface area contributed by atoms with Crippen LogP contribution in [0.2, 0.25) is 0 Å². The highest BCUT2D eigenvalue weighted by molar-refractivity contribution is 5.86. The molecule has 5 heteroatoms. The predicted octanol–water partition coefficient (Wildman–Crippen LogP) is 4.79. The van der Waals surface area contributed by atoms with Crippen LogP contribution >= 0.6 is 0 Å². The standard InChI is InChI=1S/C20H20N4O/c1-4-24(17-7-5-16(6-8-17)23-10-9-21-13-23)19-12-20-18(11-14(19)2)15(3)22-25-20/h5-13H,4H2,1-3H3. The van der Waals surface area contributed by atoms with Gasteiger partial charge >= 0.3 is 0 Å². The van der Waals surface area contributed by atoms with E-state index < -0.39 is 0 Å². The minimum Gasteiger partial charge on any atom is -0.356 e. The molecule has 0 saturated heterocycles.